The zero-order chi connectivity index (χ0) is 14.0. The van der Waals surface area contributed by atoms with Crippen LogP contribution in [0.4, 0.5) is 0 Å². The molecule has 100 valence electrons. The summed E-state index contributed by atoms with van der Waals surface area (Å²) in [6.45, 7) is 1.70. The molecule has 19 heavy (non-hydrogen) atoms. The summed E-state index contributed by atoms with van der Waals surface area (Å²) < 4.78 is 2.71. The SMILES string of the molecule is CC(Cc1nn(C)cc1-c1cccc(Br)c1)C(=O)O. The Morgan fingerprint density at radius 3 is 2.89 bits per heavy atom. The molecule has 1 unspecified atom stereocenters. The maximum Gasteiger partial charge on any atom is 0.306 e. The van der Waals surface area contributed by atoms with Gasteiger partial charge in [-0.05, 0) is 17.7 Å². The van der Waals surface area contributed by atoms with E-state index in [1.165, 1.54) is 0 Å². The summed E-state index contributed by atoms with van der Waals surface area (Å²) >= 11 is 3.44. The van der Waals surface area contributed by atoms with Crippen molar-refractivity contribution in [2.75, 3.05) is 0 Å². The van der Waals surface area contributed by atoms with Crippen LogP contribution in [0.15, 0.2) is 34.9 Å². The zero-order valence-corrected chi connectivity index (χ0v) is 12.4. The van der Waals surface area contributed by atoms with E-state index in [1.807, 2.05) is 37.5 Å². The molecule has 2 aromatic rings. The molecule has 0 bridgehead atoms. The fraction of sp³-hybridized carbons (Fsp3) is 0.286. The first-order chi connectivity index (χ1) is 8.97. The van der Waals surface area contributed by atoms with Crippen molar-refractivity contribution < 1.29 is 9.90 Å². The van der Waals surface area contributed by atoms with Crippen LogP contribution >= 0.6 is 15.9 Å². The Morgan fingerprint density at radius 1 is 1.53 bits per heavy atom. The second kappa shape index (κ2) is 5.57. The van der Waals surface area contributed by atoms with Crippen molar-refractivity contribution in [2.24, 2.45) is 13.0 Å². The third kappa shape index (κ3) is 3.23. The number of aromatic nitrogens is 2. The highest BCUT2D eigenvalue weighted by Crippen LogP contribution is 2.27. The maximum atomic E-state index is 11.0. The molecule has 1 atom stereocenters. The third-order valence-electron chi connectivity index (χ3n) is 2.96. The van der Waals surface area contributed by atoms with Crippen LogP contribution in [0.25, 0.3) is 11.1 Å². The number of rotatable bonds is 4. The first-order valence-corrected chi connectivity index (χ1v) is 6.78. The van der Waals surface area contributed by atoms with E-state index in [9.17, 15) is 4.79 Å². The molecule has 4 nitrogen and oxygen atoms in total. The second-order valence-corrected chi connectivity index (χ2v) is 5.53. The first-order valence-electron chi connectivity index (χ1n) is 5.98. The van der Waals surface area contributed by atoms with Crippen LogP contribution < -0.4 is 0 Å². The minimum absolute atomic E-state index is 0.429. The van der Waals surface area contributed by atoms with Crippen molar-refractivity contribution in [3.8, 4) is 11.1 Å². The topological polar surface area (TPSA) is 55.1 Å². The van der Waals surface area contributed by atoms with E-state index in [0.29, 0.717) is 6.42 Å². The molecule has 0 saturated carbocycles. The molecular weight excluding hydrogens is 308 g/mol. The molecule has 0 aliphatic heterocycles. The average molecular weight is 323 g/mol. The summed E-state index contributed by atoms with van der Waals surface area (Å²) in [6, 6.07) is 7.92. The van der Waals surface area contributed by atoms with Gasteiger partial charge in [0.25, 0.3) is 0 Å². The van der Waals surface area contributed by atoms with Gasteiger partial charge in [0, 0.05) is 29.7 Å². The minimum atomic E-state index is -0.800. The average Bonchev–Trinajstić information content (AvgIpc) is 2.70. The summed E-state index contributed by atoms with van der Waals surface area (Å²) in [4.78, 5) is 11.0. The van der Waals surface area contributed by atoms with Crippen molar-refractivity contribution in [1.82, 2.24) is 9.78 Å². The van der Waals surface area contributed by atoms with Gasteiger partial charge in [0.05, 0.1) is 11.6 Å². The summed E-state index contributed by atoms with van der Waals surface area (Å²) in [5.41, 5.74) is 2.84. The second-order valence-electron chi connectivity index (χ2n) is 4.62. The predicted octanol–water partition coefficient (Wildman–Crippen LogP) is 3.11. The fourth-order valence-corrected chi connectivity index (χ4v) is 2.36. The number of hydrogen-bond donors (Lipinski definition) is 1. The molecule has 1 N–H and O–H groups in total. The highest BCUT2D eigenvalue weighted by Gasteiger charge is 2.17. The Balaban J connectivity index is 2.38. The number of hydrogen-bond acceptors (Lipinski definition) is 2. The fourth-order valence-electron chi connectivity index (χ4n) is 1.96. The van der Waals surface area contributed by atoms with Crippen LogP contribution in [0.3, 0.4) is 0 Å². The van der Waals surface area contributed by atoms with Gasteiger partial charge in [0.15, 0.2) is 0 Å². The molecule has 5 heteroatoms. The summed E-state index contributed by atoms with van der Waals surface area (Å²) in [5, 5.41) is 13.4. The molecule has 0 amide bonds. The van der Waals surface area contributed by atoms with Crippen LogP contribution in [0.5, 0.6) is 0 Å². The molecule has 0 radical (unpaired) electrons. The molecular formula is C14H15BrN2O2. The number of halogens is 1. The molecule has 0 spiro atoms. The number of benzene rings is 1. The van der Waals surface area contributed by atoms with Gasteiger partial charge in [-0.15, -0.1) is 0 Å². The van der Waals surface area contributed by atoms with Crippen molar-refractivity contribution in [1.29, 1.82) is 0 Å². The van der Waals surface area contributed by atoms with Gasteiger partial charge in [0.2, 0.25) is 0 Å². The lowest BCUT2D eigenvalue weighted by atomic mass is 9.99. The summed E-state index contributed by atoms with van der Waals surface area (Å²) in [7, 11) is 1.84. The summed E-state index contributed by atoms with van der Waals surface area (Å²) in [6.07, 6.45) is 2.35. The van der Waals surface area contributed by atoms with E-state index >= 15 is 0 Å². The molecule has 0 fully saturated rings. The molecule has 2 rings (SSSR count). The number of carbonyl (C=O) groups is 1. The van der Waals surface area contributed by atoms with Gasteiger partial charge in [-0.2, -0.15) is 5.10 Å². The van der Waals surface area contributed by atoms with Crippen LogP contribution in [-0.4, -0.2) is 20.9 Å². The standard InChI is InChI=1S/C14H15BrN2O2/c1-9(14(18)19)6-13-12(8-17(2)16-13)10-4-3-5-11(15)7-10/h3-5,7-9H,6H2,1-2H3,(H,18,19). The highest BCUT2D eigenvalue weighted by atomic mass is 79.9. The van der Waals surface area contributed by atoms with E-state index in [1.54, 1.807) is 11.6 Å². The lowest BCUT2D eigenvalue weighted by Gasteiger charge is -2.06. The Kier molecular flexibility index (Phi) is 4.04. The predicted molar refractivity (Wildman–Crippen MR) is 76.8 cm³/mol. The largest absolute Gasteiger partial charge is 0.481 e. The summed E-state index contributed by atoms with van der Waals surface area (Å²) in [5.74, 6) is -1.24. The lowest BCUT2D eigenvalue weighted by Crippen LogP contribution is -2.13. The normalized spacial score (nSPS) is 12.4. The Bertz CT molecular complexity index is 607. The smallest absolute Gasteiger partial charge is 0.306 e. The van der Waals surface area contributed by atoms with E-state index in [2.05, 4.69) is 21.0 Å². The van der Waals surface area contributed by atoms with E-state index in [4.69, 9.17) is 5.11 Å². The van der Waals surface area contributed by atoms with Gasteiger partial charge in [-0.3, -0.25) is 9.48 Å². The number of carboxylic acids is 1. The van der Waals surface area contributed by atoms with Crippen LogP contribution in [0.2, 0.25) is 0 Å². The molecule has 1 aromatic carbocycles. The van der Waals surface area contributed by atoms with Crippen molar-refractivity contribution in [3.05, 3.63) is 40.6 Å². The quantitative estimate of drug-likeness (QED) is 0.940. The van der Waals surface area contributed by atoms with Crippen molar-refractivity contribution in [2.45, 2.75) is 13.3 Å². The number of aliphatic carboxylic acids is 1. The van der Waals surface area contributed by atoms with Crippen LogP contribution in [0, 0.1) is 5.92 Å². The first kappa shape index (κ1) is 13.8. The highest BCUT2D eigenvalue weighted by molar-refractivity contribution is 9.10. The minimum Gasteiger partial charge on any atom is -0.481 e. The molecule has 0 aliphatic rings. The monoisotopic (exact) mass is 322 g/mol. The van der Waals surface area contributed by atoms with E-state index in [-0.39, 0.29) is 0 Å². The van der Waals surface area contributed by atoms with Crippen LogP contribution in [0.1, 0.15) is 12.6 Å². The van der Waals surface area contributed by atoms with Crippen molar-refractivity contribution >= 4 is 21.9 Å². The maximum absolute atomic E-state index is 11.0. The van der Waals surface area contributed by atoms with Crippen LogP contribution in [-0.2, 0) is 18.3 Å². The third-order valence-corrected chi connectivity index (χ3v) is 3.46. The van der Waals surface area contributed by atoms with Crippen molar-refractivity contribution in [3.63, 3.8) is 0 Å². The molecule has 1 aromatic heterocycles. The Morgan fingerprint density at radius 2 is 2.26 bits per heavy atom. The van der Waals surface area contributed by atoms with Gasteiger partial charge < -0.3 is 5.11 Å². The van der Waals surface area contributed by atoms with E-state index in [0.717, 1.165) is 21.3 Å². The molecule has 0 saturated heterocycles. The Hall–Kier alpha value is -1.62. The molecule has 1 heterocycles. The van der Waals surface area contributed by atoms with Gasteiger partial charge in [0.1, 0.15) is 0 Å². The van der Waals surface area contributed by atoms with Gasteiger partial charge in [-0.25, -0.2) is 0 Å². The Labute approximate surface area is 120 Å². The number of aryl methyl sites for hydroxylation is 1. The van der Waals surface area contributed by atoms with Gasteiger partial charge >= 0.3 is 5.97 Å². The number of nitrogens with zero attached hydrogens (tertiary/aromatic N) is 2. The zero-order valence-electron chi connectivity index (χ0n) is 10.8. The number of carboxylic acid groups (broad SMARTS) is 1. The van der Waals surface area contributed by atoms with Gasteiger partial charge in [-0.1, -0.05) is 35.0 Å². The lowest BCUT2D eigenvalue weighted by molar-refractivity contribution is -0.141. The van der Waals surface area contributed by atoms with E-state index < -0.39 is 11.9 Å². The molecule has 0 aliphatic carbocycles.